The summed E-state index contributed by atoms with van der Waals surface area (Å²) in [5, 5.41) is 3.56. The third kappa shape index (κ3) is 6.27. The van der Waals surface area contributed by atoms with Crippen molar-refractivity contribution >= 4 is 29.1 Å². The van der Waals surface area contributed by atoms with Crippen LogP contribution in [0.3, 0.4) is 0 Å². The van der Waals surface area contributed by atoms with Crippen molar-refractivity contribution in [2.24, 2.45) is 0 Å². The molecule has 0 radical (unpaired) electrons. The predicted molar refractivity (Wildman–Crippen MR) is 113 cm³/mol. The van der Waals surface area contributed by atoms with Gasteiger partial charge in [0.05, 0.1) is 13.2 Å². The number of hydrogen-bond acceptors (Lipinski definition) is 3. The normalized spacial score (nSPS) is 10.5. The van der Waals surface area contributed by atoms with Gasteiger partial charge in [-0.1, -0.05) is 23.7 Å². The molecule has 2 rings (SSSR count). The lowest BCUT2D eigenvalue weighted by atomic mass is 10.1. The van der Waals surface area contributed by atoms with Crippen LogP contribution in [0.1, 0.15) is 29.5 Å². The molecule has 0 aliphatic rings. The van der Waals surface area contributed by atoms with E-state index in [0.29, 0.717) is 24.5 Å². The molecule has 0 bridgehead atoms. The van der Waals surface area contributed by atoms with Crippen molar-refractivity contribution in [3.05, 3.63) is 58.1 Å². The molecule has 2 aromatic rings. The molecule has 0 spiro atoms. The van der Waals surface area contributed by atoms with Crippen molar-refractivity contribution < 1.29 is 14.3 Å². The Hall–Kier alpha value is -2.53. The lowest BCUT2D eigenvalue weighted by molar-refractivity contribution is -0.133. The molecule has 28 heavy (non-hydrogen) atoms. The first-order valence-electron chi connectivity index (χ1n) is 9.27. The van der Waals surface area contributed by atoms with Crippen LogP contribution in [0.25, 0.3) is 0 Å². The van der Waals surface area contributed by atoms with Gasteiger partial charge in [-0.25, -0.2) is 0 Å². The SMILES string of the molecule is Cc1cc(OCCCC(=O)N(C)CC(=O)Nc2cccc(C)c2C)ccc1Cl. The van der Waals surface area contributed by atoms with E-state index in [2.05, 4.69) is 5.32 Å². The highest BCUT2D eigenvalue weighted by atomic mass is 35.5. The average Bonchev–Trinajstić information content (AvgIpc) is 2.65. The molecule has 2 amide bonds. The van der Waals surface area contributed by atoms with Crippen LogP contribution >= 0.6 is 11.6 Å². The minimum absolute atomic E-state index is 0.0173. The molecule has 5 nitrogen and oxygen atoms in total. The van der Waals surface area contributed by atoms with E-state index in [4.69, 9.17) is 16.3 Å². The maximum absolute atomic E-state index is 12.2. The van der Waals surface area contributed by atoms with Gasteiger partial charge >= 0.3 is 0 Å². The van der Waals surface area contributed by atoms with Crippen molar-refractivity contribution in [2.45, 2.75) is 33.6 Å². The van der Waals surface area contributed by atoms with E-state index in [1.165, 1.54) is 4.90 Å². The molecule has 0 atom stereocenters. The number of ether oxygens (including phenoxy) is 1. The van der Waals surface area contributed by atoms with Crippen LogP contribution in [-0.4, -0.2) is 36.9 Å². The number of nitrogens with zero attached hydrogens (tertiary/aromatic N) is 1. The van der Waals surface area contributed by atoms with Gasteiger partial charge in [-0.05, 0) is 68.1 Å². The van der Waals surface area contributed by atoms with Crippen LogP contribution in [-0.2, 0) is 9.59 Å². The highest BCUT2D eigenvalue weighted by Crippen LogP contribution is 2.21. The quantitative estimate of drug-likeness (QED) is 0.660. The molecule has 0 fully saturated rings. The smallest absolute Gasteiger partial charge is 0.243 e. The van der Waals surface area contributed by atoms with Crippen LogP contribution in [0, 0.1) is 20.8 Å². The molecule has 6 heteroatoms. The molecule has 0 aliphatic carbocycles. The monoisotopic (exact) mass is 402 g/mol. The van der Waals surface area contributed by atoms with Crippen molar-refractivity contribution in [1.29, 1.82) is 0 Å². The van der Waals surface area contributed by atoms with Crippen molar-refractivity contribution in [3.63, 3.8) is 0 Å². The summed E-state index contributed by atoms with van der Waals surface area (Å²) < 4.78 is 5.65. The molecular weight excluding hydrogens is 376 g/mol. The number of rotatable bonds is 8. The summed E-state index contributed by atoms with van der Waals surface area (Å²) in [5.41, 5.74) is 3.86. The molecule has 150 valence electrons. The van der Waals surface area contributed by atoms with Crippen molar-refractivity contribution in [1.82, 2.24) is 4.90 Å². The van der Waals surface area contributed by atoms with E-state index in [9.17, 15) is 9.59 Å². The summed E-state index contributed by atoms with van der Waals surface area (Å²) in [6, 6.07) is 11.2. The Morgan fingerprint density at radius 1 is 1.11 bits per heavy atom. The predicted octanol–water partition coefficient (Wildman–Crippen LogP) is 4.52. The van der Waals surface area contributed by atoms with Gasteiger partial charge in [-0.15, -0.1) is 0 Å². The molecule has 2 aromatic carbocycles. The van der Waals surface area contributed by atoms with E-state index < -0.39 is 0 Å². The molecular formula is C22H27ClN2O3. The average molecular weight is 403 g/mol. The lowest BCUT2D eigenvalue weighted by Gasteiger charge is -2.18. The van der Waals surface area contributed by atoms with E-state index in [1.54, 1.807) is 19.2 Å². The van der Waals surface area contributed by atoms with Gasteiger partial charge in [-0.2, -0.15) is 0 Å². The minimum atomic E-state index is -0.211. The Morgan fingerprint density at radius 2 is 1.86 bits per heavy atom. The number of benzene rings is 2. The largest absolute Gasteiger partial charge is 0.494 e. The molecule has 1 N–H and O–H groups in total. The van der Waals surface area contributed by atoms with Gasteiger partial charge in [0.2, 0.25) is 11.8 Å². The van der Waals surface area contributed by atoms with E-state index in [0.717, 1.165) is 28.1 Å². The summed E-state index contributed by atoms with van der Waals surface area (Å²) in [6.07, 6.45) is 0.892. The Bertz CT molecular complexity index is 852. The fourth-order valence-electron chi connectivity index (χ4n) is 2.69. The number of halogens is 1. The Morgan fingerprint density at radius 3 is 2.57 bits per heavy atom. The zero-order chi connectivity index (χ0) is 20.7. The summed E-state index contributed by atoms with van der Waals surface area (Å²) in [7, 11) is 1.63. The Labute approximate surface area is 171 Å². The second-order valence-corrected chi connectivity index (χ2v) is 7.32. The van der Waals surface area contributed by atoms with Crippen LogP contribution in [0.4, 0.5) is 5.69 Å². The highest BCUT2D eigenvalue weighted by Gasteiger charge is 2.14. The summed E-state index contributed by atoms with van der Waals surface area (Å²) in [5.74, 6) is 0.431. The number of aryl methyl sites for hydroxylation is 2. The first-order valence-corrected chi connectivity index (χ1v) is 9.64. The van der Waals surface area contributed by atoms with Gasteiger partial charge in [0.1, 0.15) is 5.75 Å². The molecule has 0 aromatic heterocycles. The second kappa shape index (κ2) is 10.1. The van der Waals surface area contributed by atoms with Crippen molar-refractivity contribution in [2.75, 3.05) is 25.5 Å². The van der Waals surface area contributed by atoms with E-state index >= 15 is 0 Å². The number of anilines is 1. The lowest BCUT2D eigenvalue weighted by Crippen LogP contribution is -2.35. The van der Waals surface area contributed by atoms with Crippen LogP contribution in [0.5, 0.6) is 5.75 Å². The summed E-state index contributed by atoms with van der Waals surface area (Å²) in [6.45, 7) is 6.31. The number of carbonyl (C=O) groups is 2. The minimum Gasteiger partial charge on any atom is -0.494 e. The third-order valence-corrected chi connectivity index (χ3v) is 5.04. The highest BCUT2D eigenvalue weighted by molar-refractivity contribution is 6.31. The maximum atomic E-state index is 12.2. The second-order valence-electron chi connectivity index (χ2n) is 6.91. The van der Waals surface area contributed by atoms with Gasteiger partial charge in [-0.3, -0.25) is 9.59 Å². The maximum Gasteiger partial charge on any atom is 0.243 e. The number of amides is 2. The van der Waals surface area contributed by atoms with E-state index in [1.807, 2.05) is 45.0 Å². The first kappa shape index (κ1) is 21.8. The number of likely N-dealkylation sites (N-methyl/N-ethyl adjacent to an activating group) is 1. The molecule has 0 heterocycles. The number of carbonyl (C=O) groups excluding carboxylic acids is 2. The molecule has 0 unspecified atom stereocenters. The zero-order valence-corrected chi connectivity index (χ0v) is 17.6. The fraction of sp³-hybridized carbons (Fsp3) is 0.364. The third-order valence-electron chi connectivity index (χ3n) is 4.62. The molecule has 0 aliphatic heterocycles. The fourth-order valence-corrected chi connectivity index (χ4v) is 2.81. The number of nitrogens with one attached hydrogen (secondary N) is 1. The van der Waals surface area contributed by atoms with Gasteiger partial charge in [0.25, 0.3) is 0 Å². The number of hydrogen-bond donors (Lipinski definition) is 1. The van der Waals surface area contributed by atoms with E-state index in [-0.39, 0.29) is 18.4 Å². The first-order chi connectivity index (χ1) is 13.3. The van der Waals surface area contributed by atoms with Gasteiger partial charge in [0.15, 0.2) is 0 Å². The zero-order valence-electron chi connectivity index (χ0n) is 16.8. The summed E-state index contributed by atoms with van der Waals surface area (Å²) in [4.78, 5) is 25.9. The van der Waals surface area contributed by atoms with Crippen molar-refractivity contribution in [3.8, 4) is 5.75 Å². The molecule has 0 saturated carbocycles. The van der Waals surface area contributed by atoms with Gasteiger partial charge in [0, 0.05) is 24.2 Å². The van der Waals surface area contributed by atoms with Crippen LogP contribution in [0.15, 0.2) is 36.4 Å². The van der Waals surface area contributed by atoms with Gasteiger partial charge < -0.3 is 15.0 Å². The van der Waals surface area contributed by atoms with Crippen LogP contribution < -0.4 is 10.1 Å². The van der Waals surface area contributed by atoms with Crippen LogP contribution in [0.2, 0.25) is 5.02 Å². The standard InChI is InChI=1S/C22H27ClN2O3/c1-15-7-5-8-20(17(15)3)24-21(26)14-25(4)22(27)9-6-12-28-18-10-11-19(23)16(2)13-18/h5,7-8,10-11,13H,6,9,12,14H2,1-4H3,(H,24,26). The Kier molecular flexibility index (Phi) is 7.88. The summed E-state index contributed by atoms with van der Waals surface area (Å²) >= 11 is 5.99. The molecule has 0 saturated heterocycles. The topological polar surface area (TPSA) is 58.6 Å². The Balaban J connectivity index is 1.73.